The van der Waals surface area contributed by atoms with Crippen molar-refractivity contribution >= 4 is 5.91 Å². The summed E-state index contributed by atoms with van der Waals surface area (Å²) >= 11 is 0. The van der Waals surface area contributed by atoms with Crippen molar-refractivity contribution in [3.8, 4) is 0 Å². The number of rotatable bonds is 3. The maximum absolute atomic E-state index is 12.6. The lowest BCUT2D eigenvalue weighted by molar-refractivity contribution is -0.135. The summed E-state index contributed by atoms with van der Waals surface area (Å²) in [5.41, 5.74) is 0. The molecule has 8 nitrogen and oxygen atoms in total. The molecule has 8 heteroatoms. The molecule has 1 amide bonds. The zero-order valence-electron chi connectivity index (χ0n) is 11.4. The van der Waals surface area contributed by atoms with Crippen LogP contribution in [-0.2, 0) is 4.79 Å². The molecule has 2 atom stereocenters. The highest BCUT2D eigenvalue weighted by molar-refractivity contribution is 5.80. The molecule has 0 bridgehead atoms. The number of carbonyl (C=O) groups is 1. The second-order valence-corrected chi connectivity index (χ2v) is 4.91. The zero-order valence-corrected chi connectivity index (χ0v) is 11.4. The van der Waals surface area contributed by atoms with Crippen molar-refractivity contribution in [1.29, 1.82) is 0 Å². The predicted octanol–water partition coefficient (Wildman–Crippen LogP) is 0.894. The van der Waals surface area contributed by atoms with Gasteiger partial charge in [0.25, 0.3) is 0 Å². The molecule has 2 aromatic heterocycles. The third-order valence-corrected chi connectivity index (χ3v) is 3.57. The second-order valence-electron chi connectivity index (χ2n) is 4.91. The summed E-state index contributed by atoms with van der Waals surface area (Å²) in [7, 11) is 0. The number of nitrogens with zero attached hydrogens (tertiary/aromatic N) is 6. The van der Waals surface area contributed by atoms with Gasteiger partial charge in [-0.15, -0.1) is 0 Å². The first-order chi connectivity index (χ1) is 9.66. The largest absolute Gasteiger partial charge is 0.340 e. The Morgan fingerprint density at radius 1 is 1.55 bits per heavy atom. The average molecular weight is 276 g/mol. The van der Waals surface area contributed by atoms with Gasteiger partial charge in [-0.3, -0.25) is 4.79 Å². The fourth-order valence-electron chi connectivity index (χ4n) is 2.52. The van der Waals surface area contributed by atoms with Crippen molar-refractivity contribution in [2.75, 3.05) is 6.54 Å². The van der Waals surface area contributed by atoms with Gasteiger partial charge in [-0.25, -0.2) is 9.67 Å². The summed E-state index contributed by atoms with van der Waals surface area (Å²) < 4.78 is 6.57. The van der Waals surface area contributed by atoms with E-state index in [0.29, 0.717) is 18.3 Å². The second kappa shape index (κ2) is 5.03. The van der Waals surface area contributed by atoms with E-state index < -0.39 is 0 Å². The molecule has 0 N–H and O–H groups in total. The summed E-state index contributed by atoms with van der Waals surface area (Å²) in [5.74, 6) is 1.10. The third kappa shape index (κ3) is 2.17. The van der Waals surface area contributed by atoms with E-state index in [1.54, 1.807) is 22.8 Å². The van der Waals surface area contributed by atoms with Crippen LogP contribution in [0.1, 0.15) is 43.6 Å². The minimum Gasteiger partial charge on any atom is -0.340 e. The first-order valence-electron chi connectivity index (χ1n) is 6.61. The van der Waals surface area contributed by atoms with Gasteiger partial charge in [0.05, 0.1) is 6.04 Å². The van der Waals surface area contributed by atoms with Crippen LogP contribution in [0.2, 0.25) is 0 Å². The van der Waals surface area contributed by atoms with E-state index in [2.05, 4.69) is 20.2 Å². The van der Waals surface area contributed by atoms with Crippen LogP contribution in [0, 0.1) is 6.92 Å². The molecule has 1 saturated heterocycles. The minimum atomic E-state index is -0.383. The molecule has 0 radical (unpaired) electrons. The highest BCUT2D eigenvalue weighted by atomic mass is 16.5. The number of carbonyl (C=O) groups excluding carboxylic acids is 1. The molecular weight excluding hydrogens is 260 g/mol. The van der Waals surface area contributed by atoms with Gasteiger partial charge in [-0.2, -0.15) is 10.1 Å². The Kier molecular flexibility index (Phi) is 3.21. The fourth-order valence-corrected chi connectivity index (χ4v) is 2.52. The number of aryl methyl sites for hydroxylation is 1. The van der Waals surface area contributed by atoms with E-state index in [-0.39, 0.29) is 18.0 Å². The lowest BCUT2D eigenvalue weighted by Crippen LogP contribution is -2.36. The van der Waals surface area contributed by atoms with Crippen molar-refractivity contribution in [3.63, 3.8) is 0 Å². The monoisotopic (exact) mass is 276 g/mol. The van der Waals surface area contributed by atoms with Gasteiger partial charge in [0.15, 0.2) is 5.82 Å². The Morgan fingerprint density at radius 3 is 3.05 bits per heavy atom. The molecule has 0 saturated carbocycles. The minimum absolute atomic E-state index is 0.000420. The van der Waals surface area contributed by atoms with E-state index in [0.717, 1.165) is 12.8 Å². The van der Waals surface area contributed by atoms with E-state index in [9.17, 15) is 4.79 Å². The molecule has 1 aliphatic rings. The maximum atomic E-state index is 12.6. The Hall–Kier alpha value is -2.25. The van der Waals surface area contributed by atoms with Crippen molar-refractivity contribution in [3.05, 3.63) is 24.4 Å². The van der Waals surface area contributed by atoms with E-state index in [4.69, 9.17) is 4.52 Å². The quantitative estimate of drug-likeness (QED) is 0.827. The van der Waals surface area contributed by atoms with Gasteiger partial charge in [0.1, 0.15) is 18.7 Å². The van der Waals surface area contributed by atoms with Crippen LogP contribution in [-0.4, -0.2) is 42.3 Å². The lowest BCUT2D eigenvalue weighted by atomic mass is 10.2. The molecule has 0 aliphatic carbocycles. The Balaban J connectivity index is 1.80. The third-order valence-electron chi connectivity index (χ3n) is 3.57. The Bertz CT molecular complexity index is 593. The number of hydrogen-bond acceptors (Lipinski definition) is 6. The summed E-state index contributed by atoms with van der Waals surface area (Å²) in [4.78, 5) is 22.5. The van der Waals surface area contributed by atoms with E-state index >= 15 is 0 Å². The molecule has 3 rings (SSSR count). The summed E-state index contributed by atoms with van der Waals surface area (Å²) in [6.45, 7) is 4.26. The summed E-state index contributed by atoms with van der Waals surface area (Å²) in [6.07, 6.45) is 4.77. The van der Waals surface area contributed by atoms with Gasteiger partial charge < -0.3 is 9.42 Å². The van der Waals surface area contributed by atoms with Gasteiger partial charge in [0, 0.05) is 13.5 Å². The Morgan fingerprint density at radius 2 is 2.40 bits per heavy atom. The van der Waals surface area contributed by atoms with Crippen molar-refractivity contribution < 1.29 is 9.32 Å². The first-order valence-corrected chi connectivity index (χ1v) is 6.61. The van der Waals surface area contributed by atoms with Crippen LogP contribution in [0.15, 0.2) is 17.2 Å². The molecule has 106 valence electrons. The lowest BCUT2D eigenvalue weighted by Gasteiger charge is -2.25. The van der Waals surface area contributed by atoms with Crippen LogP contribution in [0.4, 0.5) is 0 Å². The van der Waals surface area contributed by atoms with Gasteiger partial charge >= 0.3 is 0 Å². The van der Waals surface area contributed by atoms with Crippen LogP contribution in [0.25, 0.3) is 0 Å². The molecule has 2 aromatic rings. The van der Waals surface area contributed by atoms with Gasteiger partial charge in [0.2, 0.25) is 11.8 Å². The predicted molar refractivity (Wildman–Crippen MR) is 67.5 cm³/mol. The maximum Gasteiger partial charge on any atom is 0.247 e. The van der Waals surface area contributed by atoms with Crippen molar-refractivity contribution in [2.45, 2.75) is 38.8 Å². The molecule has 1 aliphatic heterocycles. The molecule has 1 fully saturated rings. The number of likely N-dealkylation sites (tertiary alicyclic amines) is 1. The smallest absolute Gasteiger partial charge is 0.247 e. The normalized spacial score (nSPS) is 20.3. The summed E-state index contributed by atoms with van der Waals surface area (Å²) in [6, 6.07) is -0.489. The van der Waals surface area contributed by atoms with Crippen molar-refractivity contribution in [2.24, 2.45) is 0 Å². The highest BCUT2D eigenvalue weighted by Gasteiger charge is 2.35. The fraction of sp³-hybridized carbons (Fsp3) is 0.583. The van der Waals surface area contributed by atoms with Crippen LogP contribution in [0.5, 0.6) is 0 Å². The van der Waals surface area contributed by atoms with Crippen LogP contribution >= 0.6 is 0 Å². The first kappa shape index (κ1) is 12.8. The Labute approximate surface area is 115 Å². The van der Waals surface area contributed by atoms with Gasteiger partial charge in [-0.05, 0) is 19.8 Å². The van der Waals surface area contributed by atoms with Crippen molar-refractivity contribution in [1.82, 2.24) is 29.8 Å². The molecule has 0 spiro atoms. The summed E-state index contributed by atoms with van der Waals surface area (Å²) in [5, 5.41) is 7.96. The van der Waals surface area contributed by atoms with E-state index in [1.807, 2.05) is 6.92 Å². The van der Waals surface area contributed by atoms with Crippen LogP contribution < -0.4 is 0 Å². The molecular formula is C12H16N6O2. The molecule has 3 heterocycles. The molecule has 0 aromatic carbocycles. The van der Waals surface area contributed by atoms with Crippen LogP contribution in [0.3, 0.4) is 0 Å². The van der Waals surface area contributed by atoms with Gasteiger partial charge in [-0.1, -0.05) is 5.16 Å². The van der Waals surface area contributed by atoms with E-state index in [1.165, 1.54) is 6.33 Å². The SMILES string of the molecule is Cc1nc([C@@H]2CCCN2C(=O)[C@H](C)n2cncn2)no1. The molecule has 0 unspecified atom stereocenters. The highest BCUT2D eigenvalue weighted by Crippen LogP contribution is 2.31. The number of amides is 1. The topological polar surface area (TPSA) is 89.9 Å². The average Bonchev–Trinajstić information content (AvgIpc) is 3.17. The number of hydrogen-bond donors (Lipinski definition) is 0. The standard InChI is InChI=1S/C12H16N6O2/c1-8(18-7-13-6-14-18)12(19)17-5-3-4-10(17)11-15-9(2)20-16-11/h6-8,10H,3-5H2,1-2H3/t8-,10-/m0/s1. The molecule has 20 heavy (non-hydrogen) atoms. The zero-order chi connectivity index (χ0) is 14.1. The number of aromatic nitrogens is 5.